The molecule has 51 heavy (non-hydrogen) atoms. The molecule has 0 saturated carbocycles. The molecule has 0 bridgehead atoms. The number of guanidine groups is 1. The van der Waals surface area contributed by atoms with Crippen molar-refractivity contribution in [3.63, 3.8) is 0 Å². The Bertz CT molecular complexity index is 1420. The highest BCUT2D eigenvalue weighted by Gasteiger charge is 2.34. The second-order valence-electron chi connectivity index (χ2n) is 16.2. The smallest absolute Gasteiger partial charge is 0.315 e. The van der Waals surface area contributed by atoms with Gasteiger partial charge < -0.3 is 48.8 Å². The number of aromatic amines is 1. The molecule has 12 N–H and O–H groups in total. The van der Waals surface area contributed by atoms with Gasteiger partial charge >= 0.3 is 6.03 Å². The minimum absolute atomic E-state index is 0.0709. The van der Waals surface area contributed by atoms with E-state index >= 15 is 0 Å². The van der Waals surface area contributed by atoms with Crippen LogP contribution in [0.15, 0.2) is 40.2 Å². The van der Waals surface area contributed by atoms with Crippen LogP contribution in [-0.2, 0) is 12.0 Å². The van der Waals surface area contributed by atoms with Gasteiger partial charge in [-0.2, -0.15) is 0 Å². The molecule has 2 aliphatic rings. The normalized spacial score (nSPS) is 18.7. The van der Waals surface area contributed by atoms with E-state index in [2.05, 4.69) is 53.4 Å². The highest BCUT2D eigenvalue weighted by atomic mass is 16.2. The number of nitrogens with two attached hydrogens (primary N) is 3. The lowest BCUT2D eigenvalue weighted by molar-refractivity contribution is 0.209. The molecule has 0 aliphatic carbocycles. The van der Waals surface area contributed by atoms with E-state index in [1.54, 1.807) is 6.20 Å². The van der Waals surface area contributed by atoms with Gasteiger partial charge in [0, 0.05) is 81.6 Å². The fourth-order valence-electron chi connectivity index (χ4n) is 5.94. The standard InChI is InChI=1S/C19H28N6O.C18H38N6O/c1-19(2,3)17-24-12-15(16(26)25-17)14-7-5-13(6-8-14)11-22-9-4-10-23-18(20)21;1-13(6-19)11-24-12-15(22-17(25)23-18(2,3)4)5-16(24)10-21-9-14-7-20-8-14/h5-8,12,22H,4,9-11H2,1-3H3,(H4,20,21,23)(H,24,25,26);13-16,20-21H,5-12,19H2,1-4H3,(H2,22,23,25)/t;13-,15+,16-/m.0/s1. The van der Waals surface area contributed by atoms with Crippen molar-refractivity contribution in [2.45, 2.75) is 90.9 Å². The van der Waals surface area contributed by atoms with Gasteiger partial charge in [0.1, 0.15) is 5.82 Å². The molecule has 2 amide bonds. The number of carbonyl (C=O) groups excluding carboxylic acids is 1. The molecule has 0 unspecified atom stereocenters. The number of benzene rings is 1. The van der Waals surface area contributed by atoms with Crippen LogP contribution in [0, 0.1) is 11.8 Å². The van der Waals surface area contributed by atoms with Crippen LogP contribution < -0.4 is 49.3 Å². The number of nitrogens with one attached hydrogen (secondary N) is 6. The van der Waals surface area contributed by atoms with E-state index in [9.17, 15) is 9.59 Å². The van der Waals surface area contributed by atoms with E-state index in [1.807, 2.05) is 65.8 Å². The van der Waals surface area contributed by atoms with Crippen LogP contribution in [0.2, 0.25) is 0 Å². The summed E-state index contributed by atoms with van der Waals surface area (Å²) in [4.78, 5) is 38.2. The van der Waals surface area contributed by atoms with E-state index < -0.39 is 0 Å². The predicted octanol–water partition coefficient (Wildman–Crippen LogP) is 1.42. The van der Waals surface area contributed by atoms with Gasteiger partial charge in [-0.3, -0.25) is 14.7 Å². The molecule has 0 radical (unpaired) electrons. The Balaban J connectivity index is 0.000000276. The number of hydrogen-bond donors (Lipinski definition) is 9. The summed E-state index contributed by atoms with van der Waals surface area (Å²) >= 11 is 0. The third kappa shape index (κ3) is 15.3. The Morgan fingerprint density at radius 1 is 1.08 bits per heavy atom. The van der Waals surface area contributed by atoms with Crippen molar-refractivity contribution < 1.29 is 4.79 Å². The van der Waals surface area contributed by atoms with Gasteiger partial charge in [0.05, 0.1) is 5.56 Å². The highest BCUT2D eigenvalue weighted by molar-refractivity contribution is 5.75. The Hall–Kier alpha value is -3.56. The Labute approximate surface area is 305 Å². The van der Waals surface area contributed by atoms with Gasteiger partial charge in [-0.15, -0.1) is 0 Å². The molecule has 3 atom stereocenters. The zero-order valence-corrected chi connectivity index (χ0v) is 32.1. The minimum atomic E-state index is -0.214. The van der Waals surface area contributed by atoms with E-state index in [4.69, 9.17) is 17.2 Å². The van der Waals surface area contributed by atoms with Gasteiger partial charge in [-0.25, -0.2) is 9.78 Å². The predicted molar refractivity (Wildman–Crippen MR) is 209 cm³/mol. The Morgan fingerprint density at radius 3 is 2.35 bits per heavy atom. The van der Waals surface area contributed by atoms with Crippen molar-refractivity contribution in [2.24, 2.45) is 34.0 Å². The molecule has 1 aromatic heterocycles. The van der Waals surface area contributed by atoms with Crippen molar-refractivity contribution in [2.75, 3.05) is 58.9 Å². The van der Waals surface area contributed by atoms with Gasteiger partial charge in [0.2, 0.25) is 0 Å². The molecule has 286 valence electrons. The van der Waals surface area contributed by atoms with E-state index in [-0.39, 0.29) is 34.5 Å². The molecule has 4 rings (SSSR count). The van der Waals surface area contributed by atoms with Crippen molar-refractivity contribution >= 4 is 12.0 Å². The van der Waals surface area contributed by atoms with Gasteiger partial charge in [0.25, 0.3) is 5.56 Å². The van der Waals surface area contributed by atoms with Crippen LogP contribution in [0.25, 0.3) is 11.1 Å². The first-order valence-electron chi connectivity index (χ1n) is 18.4. The average Bonchev–Trinajstić information content (AvgIpc) is 3.39. The van der Waals surface area contributed by atoms with Crippen molar-refractivity contribution in [1.29, 1.82) is 0 Å². The summed E-state index contributed by atoms with van der Waals surface area (Å²) in [6.45, 7) is 23.3. The first-order chi connectivity index (χ1) is 24.0. The number of urea groups is 1. The van der Waals surface area contributed by atoms with Gasteiger partial charge in [-0.1, -0.05) is 52.0 Å². The highest BCUT2D eigenvalue weighted by Crippen LogP contribution is 2.21. The molecule has 14 nitrogen and oxygen atoms in total. The molecule has 2 saturated heterocycles. The summed E-state index contributed by atoms with van der Waals surface area (Å²) < 4.78 is 0. The Kier molecular flexibility index (Phi) is 16.3. The number of aliphatic imine (C=N–C) groups is 1. The van der Waals surface area contributed by atoms with E-state index in [1.165, 1.54) is 0 Å². The minimum Gasteiger partial charge on any atom is -0.370 e. The first kappa shape index (κ1) is 41.9. The summed E-state index contributed by atoms with van der Waals surface area (Å²) in [5.74, 6) is 2.05. The maximum atomic E-state index is 12.4. The summed E-state index contributed by atoms with van der Waals surface area (Å²) in [5.41, 5.74) is 18.4. The van der Waals surface area contributed by atoms with Gasteiger partial charge in [-0.05, 0) is 69.7 Å². The molecular formula is C37H66N12O2. The molecule has 2 aromatic rings. The van der Waals surface area contributed by atoms with Crippen LogP contribution in [0.3, 0.4) is 0 Å². The van der Waals surface area contributed by atoms with Crippen molar-refractivity contribution in [3.05, 3.63) is 52.2 Å². The zero-order valence-electron chi connectivity index (χ0n) is 32.1. The second kappa shape index (κ2) is 19.9. The first-order valence-corrected chi connectivity index (χ1v) is 18.4. The number of carbonyl (C=O) groups is 1. The molecule has 3 heterocycles. The van der Waals surface area contributed by atoms with Crippen molar-refractivity contribution in [1.82, 2.24) is 41.5 Å². The molecule has 1 aromatic carbocycles. The number of H-pyrrole nitrogens is 1. The fourth-order valence-corrected chi connectivity index (χ4v) is 5.94. The number of likely N-dealkylation sites (tertiary alicyclic amines) is 1. The molecule has 2 fully saturated rings. The van der Waals surface area contributed by atoms with Crippen LogP contribution >= 0.6 is 0 Å². The topological polar surface area (TPSA) is 217 Å². The zero-order chi connectivity index (χ0) is 37.6. The molecule has 2 aliphatic heterocycles. The number of rotatable bonds is 15. The SMILES string of the molecule is CC(C)(C)c1ncc(-c2ccc(CNCCCN=C(N)N)cc2)c(=O)[nH]1.C[C@@H](CN)CN1C[C@H](NC(=O)NC(C)(C)C)C[C@H]1CNCC1CNC1. The second-order valence-corrected chi connectivity index (χ2v) is 16.2. The number of aromatic nitrogens is 2. The lowest BCUT2D eigenvalue weighted by atomic mass is 9.95. The van der Waals surface area contributed by atoms with Gasteiger partial charge in [0.15, 0.2) is 5.96 Å². The van der Waals surface area contributed by atoms with Crippen molar-refractivity contribution in [3.8, 4) is 11.1 Å². The summed E-state index contributed by atoms with van der Waals surface area (Å²) in [7, 11) is 0. The summed E-state index contributed by atoms with van der Waals surface area (Å²) in [6.07, 6.45) is 3.51. The number of amides is 2. The molecule has 0 spiro atoms. The van der Waals surface area contributed by atoms with Crippen LogP contribution in [0.1, 0.15) is 72.7 Å². The third-order valence-corrected chi connectivity index (χ3v) is 8.89. The summed E-state index contributed by atoms with van der Waals surface area (Å²) in [6, 6.07) is 8.49. The monoisotopic (exact) mass is 711 g/mol. The quantitative estimate of drug-likeness (QED) is 0.0736. The lowest BCUT2D eigenvalue weighted by Gasteiger charge is -2.30. The lowest BCUT2D eigenvalue weighted by Crippen LogP contribution is -2.50. The molecule has 14 heteroatoms. The summed E-state index contributed by atoms with van der Waals surface area (Å²) in [5, 5.41) is 16.4. The fraction of sp³-hybridized carbons (Fsp3) is 0.676. The average molecular weight is 711 g/mol. The Morgan fingerprint density at radius 2 is 1.78 bits per heavy atom. The van der Waals surface area contributed by atoms with Crippen LogP contribution in [0.4, 0.5) is 4.79 Å². The third-order valence-electron chi connectivity index (χ3n) is 8.89. The van der Waals surface area contributed by atoms with Crippen LogP contribution in [0.5, 0.6) is 0 Å². The maximum absolute atomic E-state index is 12.4. The largest absolute Gasteiger partial charge is 0.370 e. The maximum Gasteiger partial charge on any atom is 0.315 e. The number of hydrogen-bond acceptors (Lipinski definition) is 9. The van der Waals surface area contributed by atoms with E-state index in [0.717, 1.165) is 82.2 Å². The van der Waals surface area contributed by atoms with E-state index in [0.29, 0.717) is 36.4 Å². The molecular weight excluding hydrogens is 644 g/mol. The van der Waals surface area contributed by atoms with Crippen LogP contribution in [-0.4, -0.2) is 103 Å². The number of nitrogens with zero attached hydrogens (tertiary/aromatic N) is 3.